The second kappa shape index (κ2) is 12.4. The molecule has 3 unspecified atom stereocenters. The van der Waals surface area contributed by atoms with Crippen molar-refractivity contribution in [2.75, 3.05) is 33.4 Å². The van der Waals surface area contributed by atoms with Crippen LogP contribution in [0.5, 0.6) is 0 Å². The third kappa shape index (κ3) is 7.15. The van der Waals surface area contributed by atoms with Crippen molar-refractivity contribution in [3.05, 3.63) is 71.8 Å². The van der Waals surface area contributed by atoms with E-state index in [1.807, 2.05) is 25.2 Å². The van der Waals surface area contributed by atoms with Crippen LogP contribution in [0.15, 0.2) is 65.7 Å². The van der Waals surface area contributed by atoms with Gasteiger partial charge in [0.05, 0.1) is 19.3 Å². The third-order valence-corrected chi connectivity index (χ3v) is 5.46. The molecule has 0 aromatic heterocycles. The van der Waals surface area contributed by atoms with Crippen LogP contribution in [0.2, 0.25) is 0 Å². The smallest absolute Gasteiger partial charge is 0.190 e. The molecule has 0 spiro atoms. The number of ether oxygens (including phenoxy) is 2. The van der Waals surface area contributed by atoms with Crippen LogP contribution in [0.4, 0.5) is 0 Å². The monoisotopic (exact) mass is 409 g/mol. The van der Waals surface area contributed by atoms with Crippen molar-refractivity contribution < 1.29 is 9.47 Å². The molecule has 0 aliphatic carbocycles. The average molecular weight is 410 g/mol. The summed E-state index contributed by atoms with van der Waals surface area (Å²) in [6.45, 7) is 6.05. The van der Waals surface area contributed by atoms with Crippen molar-refractivity contribution in [1.82, 2.24) is 10.6 Å². The maximum absolute atomic E-state index is 6.10. The summed E-state index contributed by atoms with van der Waals surface area (Å²) in [5.41, 5.74) is 2.47. The van der Waals surface area contributed by atoms with Crippen LogP contribution in [0.3, 0.4) is 0 Å². The molecule has 162 valence electrons. The van der Waals surface area contributed by atoms with Gasteiger partial charge in [-0.2, -0.15) is 0 Å². The number of guanidine groups is 1. The summed E-state index contributed by atoms with van der Waals surface area (Å²) in [5.74, 6) is 1.66. The first kappa shape index (κ1) is 22.3. The summed E-state index contributed by atoms with van der Waals surface area (Å²) < 4.78 is 12.0. The lowest BCUT2D eigenvalue weighted by Gasteiger charge is -2.32. The number of rotatable bonds is 9. The second-order valence-electron chi connectivity index (χ2n) is 8.04. The van der Waals surface area contributed by atoms with Gasteiger partial charge in [-0.1, -0.05) is 67.6 Å². The minimum absolute atomic E-state index is 0.149. The van der Waals surface area contributed by atoms with Crippen LogP contribution in [0.25, 0.3) is 0 Å². The van der Waals surface area contributed by atoms with Gasteiger partial charge >= 0.3 is 0 Å². The lowest BCUT2D eigenvalue weighted by molar-refractivity contribution is -0.0265. The van der Waals surface area contributed by atoms with Crippen molar-refractivity contribution >= 4 is 5.96 Å². The Morgan fingerprint density at radius 3 is 2.57 bits per heavy atom. The van der Waals surface area contributed by atoms with E-state index in [9.17, 15) is 0 Å². The lowest BCUT2D eigenvalue weighted by atomic mass is 9.89. The lowest BCUT2D eigenvalue weighted by Crippen LogP contribution is -2.43. The Morgan fingerprint density at radius 1 is 1.10 bits per heavy atom. The normalized spacial score (nSPS) is 20.5. The van der Waals surface area contributed by atoms with E-state index < -0.39 is 0 Å². The van der Waals surface area contributed by atoms with Crippen LogP contribution in [0, 0.1) is 11.8 Å². The Morgan fingerprint density at radius 2 is 1.83 bits per heavy atom. The van der Waals surface area contributed by atoms with Gasteiger partial charge in [-0.25, -0.2) is 0 Å². The molecule has 0 amide bonds. The van der Waals surface area contributed by atoms with Crippen LogP contribution in [0.1, 0.15) is 37.0 Å². The fraction of sp³-hybridized carbons (Fsp3) is 0.480. The molecular formula is C25H35N3O2. The minimum Gasteiger partial charge on any atom is -0.376 e. The molecule has 3 rings (SSSR count). The van der Waals surface area contributed by atoms with Gasteiger partial charge in [0.2, 0.25) is 0 Å². The summed E-state index contributed by atoms with van der Waals surface area (Å²) in [7, 11) is 1.82. The first-order chi connectivity index (χ1) is 14.8. The standard InChI is InChI=1S/C25H35N3O2/c1-20(18-29-19-21-10-5-3-6-11-21)16-27-25(26-2)28-17-23-14-9-15-30-24(23)22-12-7-4-8-13-22/h3-8,10-13,20,23-24H,9,14-19H2,1-2H3,(H2,26,27,28). The number of aliphatic imine (C=N–C) groups is 1. The fourth-order valence-electron chi connectivity index (χ4n) is 3.79. The summed E-state index contributed by atoms with van der Waals surface area (Å²) in [6, 6.07) is 20.8. The van der Waals surface area contributed by atoms with E-state index in [2.05, 4.69) is 65.0 Å². The fourth-order valence-corrected chi connectivity index (χ4v) is 3.79. The van der Waals surface area contributed by atoms with E-state index in [0.29, 0.717) is 25.0 Å². The predicted octanol–water partition coefficient (Wildman–Crippen LogP) is 4.17. The van der Waals surface area contributed by atoms with Crippen LogP contribution < -0.4 is 10.6 Å². The first-order valence-electron chi connectivity index (χ1n) is 11.0. The summed E-state index contributed by atoms with van der Waals surface area (Å²) >= 11 is 0. The van der Waals surface area contributed by atoms with Gasteiger partial charge in [-0.3, -0.25) is 4.99 Å². The summed E-state index contributed by atoms with van der Waals surface area (Å²) in [4.78, 5) is 4.38. The molecule has 0 radical (unpaired) electrons. The van der Waals surface area contributed by atoms with Gasteiger partial charge in [0.15, 0.2) is 5.96 Å². The van der Waals surface area contributed by atoms with Crippen molar-refractivity contribution in [2.24, 2.45) is 16.8 Å². The van der Waals surface area contributed by atoms with Crippen LogP contribution in [-0.2, 0) is 16.1 Å². The molecule has 0 bridgehead atoms. The van der Waals surface area contributed by atoms with E-state index >= 15 is 0 Å². The predicted molar refractivity (Wildman–Crippen MR) is 122 cm³/mol. The van der Waals surface area contributed by atoms with Crippen LogP contribution in [-0.4, -0.2) is 39.3 Å². The molecule has 5 heteroatoms. The topological polar surface area (TPSA) is 54.9 Å². The van der Waals surface area contributed by atoms with E-state index in [-0.39, 0.29) is 6.10 Å². The molecule has 5 nitrogen and oxygen atoms in total. The molecule has 1 fully saturated rings. The zero-order valence-corrected chi connectivity index (χ0v) is 18.2. The van der Waals surface area contributed by atoms with Gasteiger partial charge in [0, 0.05) is 32.7 Å². The molecular weight excluding hydrogens is 374 g/mol. The Labute approximate surface area is 180 Å². The SMILES string of the molecule is CN=C(NCC(C)COCc1ccccc1)NCC1CCCOC1c1ccccc1. The van der Waals surface area contributed by atoms with Gasteiger partial charge in [-0.05, 0) is 29.9 Å². The van der Waals surface area contributed by atoms with Crippen molar-refractivity contribution in [3.63, 3.8) is 0 Å². The quantitative estimate of drug-likeness (QED) is 0.482. The number of nitrogens with zero attached hydrogens (tertiary/aromatic N) is 1. The van der Waals surface area contributed by atoms with Crippen LogP contribution >= 0.6 is 0 Å². The van der Waals surface area contributed by atoms with E-state index in [1.165, 1.54) is 11.1 Å². The zero-order valence-electron chi connectivity index (χ0n) is 18.2. The van der Waals surface area contributed by atoms with E-state index in [0.717, 1.165) is 38.5 Å². The van der Waals surface area contributed by atoms with Gasteiger partial charge in [0.25, 0.3) is 0 Å². The molecule has 2 aromatic carbocycles. The second-order valence-corrected chi connectivity index (χ2v) is 8.04. The Bertz CT molecular complexity index is 752. The van der Waals surface area contributed by atoms with E-state index in [4.69, 9.17) is 9.47 Å². The first-order valence-corrected chi connectivity index (χ1v) is 11.0. The van der Waals surface area contributed by atoms with Crippen molar-refractivity contribution in [1.29, 1.82) is 0 Å². The Hall–Kier alpha value is -2.37. The number of nitrogens with one attached hydrogen (secondary N) is 2. The van der Waals surface area contributed by atoms with Crippen molar-refractivity contribution in [2.45, 2.75) is 32.5 Å². The molecule has 1 heterocycles. The van der Waals surface area contributed by atoms with Crippen molar-refractivity contribution in [3.8, 4) is 0 Å². The number of hydrogen-bond donors (Lipinski definition) is 2. The highest BCUT2D eigenvalue weighted by Crippen LogP contribution is 2.33. The summed E-state index contributed by atoms with van der Waals surface area (Å²) in [6.07, 6.45) is 2.42. The number of hydrogen-bond acceptors (Lipinski definition) is 3. The molecule has 0 saturated carbocycles. The molecule has 1 aliphatic heterocycles. The Kier molecular flexibility index (Phi) is 9.19. The molecule has 3 atom stereocenters. The number of benzene rings is 2. The Balaban J connectivity index is 1.39. The van der Waals surface area contributed by atoms with E-state index in [1.54, 1.807) is 0 Å². The minimum atomic E-state index is 0.149. The third-order valence-electron chi connectivity index (χ3n) is 5.46. The van der Waals surface area contributed by atoms with Gasteiger partial charge in [0.1, 0.15) is 0 Å². The molecule has 2 aromatic rings. The highest BCUT2D eigenvalue weighted by molar-refractivity contribution is 5.79. The molecule has 1 aliphatic rings. The molecule has 2 N–H and O–H groups in total. The molecule has 30 heavy (non-hydrogen) atoms. The highest BCUT2D eigenvalue weighted by atomic mass is 16.5. The maximum Gasteiger partial charge on any atom is 0.190 e. The summed E-state index contributed by atoms with van der Waals surface area (Å²) in [5, 5.41) is 6.92. The highest BCUT2D eigenvalue weighted by Gasteiger charge is 2.27. The maximum atomic E-state index is 6.10. The van der Waals surface area contributed by atoms with Gasteiger partial charge < -0.3 is 20.1 Å². The largest absolute Gasteiger partial charge is 0.376 e. The van der Waals surface area contributed by atoms with Gasteiger partial charge in [-0.15, -0.1) is 0 Å². The molecule has 1 saturated heterocycles. The average Bonchev–Trinajstić information content (AvgIpc) is 2.81. The zero-order chi connectivity index (χ0) is 21.0.